The molecule has 0 aliphatic heterocycles. The second kappa shape index (κ2) is 54.0. The van der Waals surface area contributed by atoms with Crippen molar-refractivity contribution in [2.75, 3.05) is 69.8 Å². The molecule has 0 aromatic heterocycles. The fourth-order valence-electron chi connectivity index (χ4n) is 22.6. The molecular weight excluding hydrogens is 1850 g/mol. The first kappa shape index (κ1) is 109. The van der Waals surface area contributed by atoms with Crippen LogP contribution in [0.4, 0.5) is 45.5 Å². The molecule has 0 unspecified atom stereocenters. The monoisotopic (exact) mass is 2010 g/mol. The molecule has 16 rings (SSSR count). The Hall–Kier alpha value is -13.9. The van der Waals surface area contributed by atoms with E-state index in [2.05, 4.69) is 259 Å². The van der Waals surface area contributed by atoms with Crippen molar-refractivity contribution in [1.29, 1.82) is 0 Å². The summed E-state index contributed by atoms with van der Waals surface area (Å²) in [7, 11) is 0. The lowest BCUT2D eigenvalue weighted by Gasteiger charge is -2.20. The number of ether oxygens (including phenoxy) is 4. The van der Waals surface area contributed by atoms with Gasteiger partial charge in [-0.25, -0.2) is 19.2 Å². The van der Waals surface area contributed by atoms with E-state index in [1.54, 1.807) is 12.1 Å². The maximum atomic E-state index is 14.7. The largest absolute Gasteiger partial charge is 0.462 e. The molecule has 16 aromatic carbocycles. The summed E-state index contributed by atoms with van der Waals surface area (Å²) >= 11 is 0. The number of nitrogens with two attached hydrogens (primary N) is 2. The zero-order chi connectivity index (χ0) is 105. The Balaban J connectivity index is 0.687. The van der Waals surface area contributed by atoms with Crippen molar-refractivity contribution >= 4 is 166 Å². The number of rotatable bonds is 58. The summed E-state index contributed by atoms with van der Waals surface area (Å²) in [5.74, 6) is -1.46. The summed E-state index contributed by atoms with van der Waals surface area (Å²) in [5, 5.41) is 43.8. The molecule has 10 N–H and O–H groups in total. The van der Waals surface area contributed by atoms with Crippen LogP contribution in [0.25, 0.3) is 97.0 Å². The number of carbonyl (C=O) groups is 4. The van der Waals surface area contributed by atoms with Crippen LogP contribution >= 0.6 is 0 Å². The highest BCUT2D eigenvalue weighted by Gasteiger charge is 2.25. The van der Waals surface area contributed by atoms with Crippen LogP contribution in [-0.2, 0) is 58.2 Å². The van der Waals surface area contributed by atoms with Gasteiger partial charge in [0.05, 0.1) is 48.7 Å². The van der Waals surface area contributed by atoms with Crippen molar-refractivity contribution in [2.24, 2.45) is 0 Å². The number of benzene rings is 16. The smallest absolute Gasteiger partial charge is 0.338 e. The number of carbonyl (C=O) groups excluding carboxylic acids is 4. The lowest BCUT2D eigenvalue weighted by atomic mass is 9.87. The topological polar surface area (TPSA) is 229 Å². The molecule has 0 saturated carbocycles. The van der Waals surface area contributed by atoms with Crippen LogP contribution in [-0.4, -0.2) is 50.3 Å². The number of unbranched alkanes of at least 4 members (excludes halogenated alkanes) is 28. The van der Waals surface area contributed by atoms with E-state index in [0.29, 0.717) is 99.3 Å². The first-order valence-electron chi connectivity index (χ1n) is 56.5. The van der Waals surface area contributed by atoms with Crippen LogP contribution in [0, 0.1) is 41.5 Å². The molecule has 16 aromatic rings. The Morgan fingerprint density at radius 2 is 0.380 bits per heavy atom. The number of nitrogens with one attached hydrogen (secondary N) is 6. The summed E-state index contributed by atoms with van der Waals surface area (Å²) in [6.07, 6.45) is 36.7. The van der Waals surface area contributed by atoms with Crippen LogP contribution in [0.15, 0.2) is 218 Å². The number of hydrogen-bond acceptors (Lipinski definition) is 16. The van der Waals surface area contributed by atoms with E-state index in [9.17, 15) is 19.2 Å². The highest BCUT2D eigenvalue weighted by molar-refractivity contribution is 6.26. The summed E-state index contributed by atoms with van der Waals surface area (Å²) in [4.78, 5) is 56.6. The third-order valence-electron chi connectivity index (χ3n) is 30.6. The predicted octanol–water partition coefficient (Wildman–Crippen LogP) is 35.9. The number of nitrogen functional groups attached to an aromatic ring is 2. The van der Waals surface area contributed by atoms with Gasteiger partial charge in [0.1, 0.15) is 0 Å². The summed E-state index contributed by atoms with van der Waals surface area (Å²) in [5.41, 5.74) is 34.0. The van der Waals surface area contributed by atoms with E-state index >= 15 is 0 Å². The van der Waals surface area contributed by atoms with Crippen LogP contribution < -0.4 is 43.4 Å². The summed E-state index contributed by atoms with van der Waals surface area (Å²) < 4.78 is 24.1. The average molecular weight is 2010 g/mol. The molecule has 0 amide bonds. The zero-order valence-electron chi connectivity index (χ0n) is 90.9. The Labute approximate surface area is 889 Å². The second-order valence-electron chi connectivity index (χ2n) is 42.3. The molecular formula is C134H160N8O8. The third-order valence-corrected chi connectivity index (χ3v) is 30.6. The minimum Gasteiger partial charge on any atom is -0.462 e. The third kappa shape index (κ3) is 27.9. The predicted molar refractivity (Wildman–Crippen MR) is 635 cm³/mol. The lowest BCUT2D eigenvalue weighted by molar-refractivity contribution is 0.0488. The molecule has 0 aliphatic rings. The average Bonchev–Trinajstić information content (AvgIpc) is 0.735. The van der Waals surface area contributed by atoms with E-state index in [-0.39, 0.29) is 23.9 Å². The van der Waals surface area contributed by atoms with Gasteiger partial charge in [-0.3, -0.25) is 0 Å². The number of fused-ring (bicyclic) bond motifs is 15. The van der Waals surface area contributed by atoms with Gasteiger partial charge >= 0.3 is 23.9 Å². The van der Waals surface area contributed by atoms with Gasteiger partial charge in [0.25, 0.3) is 0 Å². The van der Waals surface area contributed by atoms with Gasteiger partial charge in [-0.1, -0.05) is 317 Å². The van der Waals surface area contributed by atoms with E-state index in [4.69, 9.17) is 30.4 Å². The van der Waals surface area contributed by atoms with E-state index in [0.717, 1.165) is 193 Å². The van der Waals surface area contributed by atoms with Crippen molar-refractivity contribution in [2.45, 2.75) is 314 Å². The molecule has 0 aliphatic carbocycles. The number of hydrogen-bond donors (Lipinski definition) is 8. The molecule has 0 spiro atoms. The van der Waals surface area contributed by atoms with Crippen molar-refractivity contribution in [3.63, 3.8) is 0 Å². The van der Waals surface area contributed by atoms with E-state index < -0.39 is 0 Å². The Bertz CT molecular complexity index is 7010. The first-order valence-corrected chi connectivity index (χ1v) is 56.5. The number of aryl methyl sites for hydroxylation is 6. The van der Waals surface area contributed by atoms with Crippen molar-refractivity contribution in [1.82, 2.24) is 0 Å². The fraction of sp³-hybridized carbons (Fsp3) is 0.388. The molecule has 0 fully saturated rings. The summed E-state index contributed by atoms with van der Waals surface area (Å²) in [6.45, 7) is 26.4. The molecule has 0 bridgehead atoms. The maximum Gasteiger partial charge on any atom is 0.338 e. The van der Waals surface area contributed by atoms with Crippen molar-refractivity contribution in [3.05, 3.63) is 307 Å². The molecule has 0 saturated heterocycles. The van der Waals surface area contributed by atoms with Crippen LogP contribution in [0.3, 0.4) is 0 Å². The SMILES string of the molecule is CCCCCCCCCCOC(=O)c1cc(N)cc(NCc2cc3cc(CNc4cc(NCc5cc6cc(CNc7cc(NCc8cc9cc(CNc%10cc(N)cc(C(=O)OCCCCCCCCCC)c%10)c%10cccc(C)c%10c9c9c(C)cccc89)cc(C(=O)OCCCCCCCCCC)c7)c7cccc(C)c7c6c6c(C)cccc56)cc(C(=O)OCCCCCCCCCC)c4)c4cccc(C)c4c3c3c(C)cccc23)c1. The molecule has 150 heavy (non-hydrogen) atoms. The second-order valence-corrected chi connectivity index (χ2v) is 42.3. The molecule has 16 heteroatoms. The minimum absolute atomic E-state index is 0.340. The molecule has 784 valence electrons. The quantitative estimate of drug-likeness (QED) is 0.00583. The van der Waals surface area contributed by atoms with Crippen LogP contribution in [0.2, 0.25) is 0 Å². The normalized spacial score (nSPS) is 11.6. The zero-order valence-corrected chi connectivity index (χ0v) is 90.9. The van der Waals surface area contributed by atoms with Gasteiger partial charge in [-0.15, -0.1) is 0 Å². The lowest BCUT2D eigenvalue weighted by Crippen LogP contribution is -2.10. The van der Waals surface area contributed by atoms with Crippen molar-refractivity contribution in [3.8, 4) is 0 Å². The van der Waals surface area contributed by atoms with Crippen LogP contribution in [0.1, 0.15) is 341 Å². The van der Waals surface area contributed by atoms with Gasteiger partial charge in [-0.2, -0.15) is 0 Å². The van der Waals surface area contributed by atoms with Gasteiger partial charge in [-0.05, 0) is 340 Å². The van der Waals surface area contributed by atoms with Crippen LogP contribution in [0.5, 0.6) is 0 Å². The highest BCUT2D eigenvalue weighted by Crippen LogP contribution is 2.46. The van der Waals surface area contributed by atoms with E-state index in [1.807, 2.05) is 48.5 Å². The minimum atomic E-state index is -0.370. The van der Waals surface area contributed by atoms with E-state index in [1.165, 1.54) is 210 Å². The molecule has 0 heterocycles. The van der Waals surface area contributed by atoms with Crippen molar-refractivity contribution < 1.29 is 38.1 Å². The number of anilines is 8. The first-order chi connectivity index (χ1) is 73.2. The Morgan fingerprint density at radius 3 is 0.573 bits per heavy atom. The number of esters is 4. The Morgan fingerprint density at radius 1 is 0.207 bits per heavy atom. The fourth-order valence-corrected chi connectivity index (χ4v) is 22.6. The molecule has 0 radical (unpaired) electrons. The van der Waals surface area contributed by atoms with Gasteiger partial charge in [0, 0.05) is 84.8 Å². The molecule has 16 nitrogen and oxygen atoms in total. The Kier molecular flexibility index (Phi) is 39.2. The van der Waals surface area contributed by atoms with Gasteiger partial charge < -0.3 is 62.3 Å². The van der Waals surface area contributed by atoms with Gasteiger partial charge in [0.15, 0.2) is 0 Å². The van der Waals surface area contributed by atoms with Gasteiger partial charge in [0.2, 0.25) is 0 Å². The highest BCUT2D eigenvalue weighted by atomic mass is 16.5. The summed E-state index contributed by atoms with van der Waals surface area (Å²) in [6, 6.07) is 76.5. The standard InChI is InChI=1S/C134H160N8O8/c1-11-15-19-23-27-31-35-39-61-147-131(143)98-71-108(135)79-110(73-98)137-83-102-65-95-67-104(118-57-45-51-91(7)124(118)128(95)122-89(5)49-43-55-116(102)122)85-139-112-75-100(133(145)149-63-41-37-33-29-25-21-17-13-3)77-114(81-112)141-87-106-69-97-70-107(121-60-48-54-94(10)127(121)130(97)126-93(9)53-47-59-120(106)126)88-142-115-78-101(134(146)150-64-42-38-34-30-26-22-18-14-4)76-113(82-115)140-86-105-68-96-66-103(117-56-44-50-90(6)123(117)129(96)125-92(8)52-46-58-119(105)125)84-138-111-74-99(72-109(136)80-111)132(144)148-62-40-36-32-28-24-20-16-12-2/h43-60,65-82,137-142H,11-42,61-64,83-88,135-136H2,1-10H3. The maximum absolute atomic E-state index is 14.7. The molecule has 0 atom stereocenters.